The molecule has 0 fully saturated rings. The minimum Gasteiger partial charge on any atom is -0.490 e. The second kappa shape index (κ2) is 12.3. The minimum absolute atomic E-state index is 0.0657. The maximum absolute atomic E-state index is 12.5. The number of hydrogen-bond acceptors (Lipinski definition) is 5. The van der Waals surface area contributed by atoms with Crippen molar-refractivity contribution >= 4 is 40.9 Å². The van der Waals surface area contributed by atoms with E-state index in [1.807, 2.05) is 32.0 Å². The van der Waals surface area contributed by atoms with Gasteiger partial charge in [-0.2, -0.15) is 5.26 Å². The predicted molar refractivity (Wildman–Crippen MR) is 137 cm³/mol. The number of amides is 2. The summed E-state index contributed by atoms with van der Waals surface area (Å²) in [6, 6.07) is 20.9. The van der Waals surface area contributed by atoms with Gasteiger partial charge in [0.05, 0.1) is 6.61 Å². The molecule has 2 N–H and O–H groups in total. The standard InChI is InChI=1S/C27H24ClN3O4/c1-3-34-25-15-19(14-20(16-29)27(33)31-23-9-4-18(2)5-10-23)6-13-24(25)35-17-26(32)30-22-11-7-21(28)8-12-22/h4-15H,3,17H2,1-2H3,(H,30,32)(H,31,33)/b20-14+. The Balaban J connectivity index is 1.69. The largest absolute Gasteiger partial charge is 0.490 e. The normalized spacial score (nSPS) is 10.7. The highest BCUT2D eigenvalue weighted by atomic mass is 35.5. The third kappa shape index (κ3) is 7.63. The maximum atomic E-state index is 12.5. The molecular weight excluding hydrogens is 466 g/mol. The fourth-order valence-electron chi connectivity index (χ4n) is 3.03. The first kappa shape index (κ1) is 25.3. The van der Waals surface area contributed by atoms with Gasteiger partial charge in [0.15, 0.2) is 18.1 Å². The summed E-state index contributed by atoms with van der Waals surface area (Å²) in [6.07, 6.45) is 1.46. The van der Waals surface area contributed by atoms with Gasteiger partial charge in [0.2, 0.25) is 0 Å². The lowest BCUT2D eigenvalue weighted by Gasteiger charge is -2.13. The number of ether oxygens (including phenoxy) is 2. The van der Waals surface area contributed by atoms with Crippen molar-refractivity contribution in [2.24, 2.45) is 0 Å². The highest BCUT2D eigenvalue weighted by molar-refractivity contribution is 6.30. The summed E-state index contributed by atoms with van der Waals surface area (Å²) in [5.41, 5.74) is 2.76. The van der Waals surface area contributed by atoms with Gasteiger partial charge >= 0.3 is 0 Å². The first-order chi connectivity index (χ1) is 16.9. The summed E-state index contributed by atoms with van der Waals surface area (Å²) in [5.74, 6) is -0.124. The van der Waals surface area contributed by atoms with Crippen molar-refractivity contribution in [1.82, 2.24) is 0 Å². The lowest BCUT2D eigenvalue weighted by molar-refractivity contribution is -0.118. The van der Waals surface area contributed by atoms with Crippen LogP contribution >= 0.6 is 11.6 Å². The molecule has 0 bridgehead atoms. The van der Waals surface area contributed by atoms with E-state index in [0.29, 0.717) is 40.1 Å². The van der Waals surface area contributed by atoms with E-state index in [1.54, 1.807) is 54.6 Å². The Labute approximate surface area is 208 Å². The Bertz CT molecular complexity index is 1260. The van der Waals surface area contributed by atoms with Crippen molar-refractivity contribution in [2.75, 3.05) is 23.8 Å². The third-order valence-electron chi connectivity index (χ3n) is 4.74. The molecule has 2 amide bonds. The summed E-state index contributed by atoms with van der Waals surface area (Å²) >= 11 is 5.85. The summed E-state index contributed by atoms with van der Waals surface area (Å²) in [6.45, 7) is 3.89. The van der Waals surface area contributed by atoms with Crippen LogP contribution < -0.4 is 20.1 Å². The minimum atomic E-state index is -0.520. The van der Waals surface area contributed by atoms with E-state index in [9.17, 15) is 14.9 Å². The maximum Gasteiger partial charge on any atom is 0.266 e. The van der Waals surface area contributed by atoms with Crippen LogP contribution in [-0.4, -0.2) is 25.0 Å². The van der Waals surface area contributed by atoms with E-state index in [4.69, 9.17) is 21.1 Å². The molecule has 35 heavy (non-hydrogen) atoms. The molecule has 0 unspecified atom stereocenters. The van der Waals surface area contributed by atoms with Crippen LogP contribution in [-0.2, 0) is 9.59 Å². The molecule has 0 heterocycles. The zero-order valence-corrected chi connectivity index (χ0v) is 20.1. The van der Waals surface area contributed by atoms with Gasteiger partial charge in [-0.1, -0.05) is 35.4 Å². The molecule has 0 saturated heterocycles. The Kier molecular flexibility index (Phi) is 8.88. The zero-order chi connectivity index (χ0) is 25.2. The molecular formula is C27H24ClN3O4. The summed E-state index contributed by atoms with van der Waals surface area (Å²) in [4.78, 5) is 24.8. The lowest BCUT2D eigenvalue weighted by atomic mass is 10.1. The number of nitrogens with one attached hydrogen (secondary N) is 2. The van der Waals surface area contributed by atoms with Crippen LogP contribution in [0.3, 0.4) is 0 Å². The molecule has 0 spiro atoms. The number of nitriles is 1. The summed E-state index contributed by atoms with van der Waals surface area (Å²) < 4.78 is 11.3. The van der Waals surface area contributed by atoms with Crippen LogP contribution in [0.5, 0.6) is 11.5 Å². The quantitative estimate of drug-likeness (QED) is 0.300. The van der Waals surface area contributed by atoms with E-state index >= 15 is 0 Å². The number of aryl methyl sites for hydroxylation is 1. The van der Waals surface area contributed by atoms with Crippen LogP contribution in [0.4, 0.5) is 11.4 Å². The molecule has 3 aromatic carbocycles. The first-order valence-electron chi connectivity index (χ1n) is 10.8. The van der Waals surface area contributed by atoms with Gasteiger partial charge in [-0.25, -0.2) is 0 Å². The van der Waals surface area contributed by atoms with E-state index in [1.165, 1.54) is 6.08 Å². The van der Waals surface area contributed by atoms with Crippen LogP contribution in [0.2, 0.25) is 5.02 Å². The Morgan fingerprint density at radius 1 is 0.943 bits per heavy atom. The van der Waals surface area contributed by atoms with Crippen LogP contribution in [0.25, 0.3) is 6.08 Å². The van der Waals surface area contributed by atoms with Crippen molar-refractivity contribution < 1.29 is 19.1 Å². The fourth-order valence-corrected chi connectivity index (χ4v) is 3.15. The van der Waals surface area contributed by atoms with Crippen molar-refractivity contribution in [3.63, 3.8) is 0 Å². The van der Waals surface area contributed by atoms with Gasteiger partial charge in [-0.05, 0) is 74.0 Å². The molecule has 3 rings (SSSR count). The van der Waals surface area contributed by atoms with Gasteiger partial charge in [0.25, 0.3) is 11.8 Å². The van der Waals surface area contributed by atoms with Crippen molar-refractivity contribution in [2.45, 2.75) is 13.8 Å². The average Bonchev–Trinajstić information content (AvgIpc) is 2.85. The highest BCUT2D eigenvalue weighted by Gasteiger charge is 2.13. The second-order valence-electron chi connectivity index (χ2n) is 7.47. The molecule has 0 saturated carbocycles. The van der Waals surface area contributed by atoms with Crippen molar-refractivity contribution in [1.29, 1.82) is 5.26 Å². The van der Waals surface area contributed by atoms with Gasteiger partial charge < -0.3 is 20.1 Å². The van der Waals surface area contributed by atoms with E-state index in [0.717, 1.165) is 5.56 Å². The van der Waals surface area contributed by atoms with Gasteiger partial charge in [-0.15, -0.1) is 0 Å². The topological polar surface area (TPSA) is 100 Å². The summed E-state index contributed by atoms with van der Waals surface area (Å²) in [7, 11) is 0. The van der Waals surface area contributed by atoms with E-state index in [2.05, 4.69) is 10.6 Å². The van der Waals surface area contributed by atoms with E-state index < -0.39 is 5.91 Å². The number of rotatable bonds is 9. The van der Waals surface area contributed by atoms with Crippen LogP contribution in [0, 0.1) is 18.3 Å². The van der Waals surface area contributed by atoms with Crippen molar-refractivity contribution in [3.8, 4) is 17.6 Å². The predicted octanol–water partition coefficient (Wildman–Crippen LogP) is 5.61. The molecule has 7 nitrogen and oxygen atoms in total. The molecule has 8 heteroatoms. The molecule has 0 aliphatic carbocycles. The first-order valence-corrected chi connectivity index (χ1v) is 11.2. The summed E-state index contributed by atoms with van der Waals surface area (Å²) in [5, 5.41) is 15.5. The number of hydrogen-bond donors (Lipinski definition) is 2. The molecule has 0 aromatic heterocycles. The second-order valence-corrected chi connectivity index (χ2v) is 7.91. The molecule has 178 valence electrons. The molecule has 0 radical (unpaired) electrons. The van der Waals surface area contributed by atoms with Gasteiger partial charge in [0.1, 0.15) is 11.6 Å². The van der Waals surface area contributed by atoms with Crippen molar-refractivity contribution in [3.05, 3.63) is 88.5 Å². The number of anilines is 2. The lowest BCUT2D eigenvalue weighted by Crippen LogP contribution is -2.20. The molecule has 0 aliphatic rings. The number of benzene rings is 3. The van der Waals surface area contributed by atoms with Crippen LogP contribution in [0.15, 0.2) is 72.3 Å². The highest BCUT2D eigenvalue weighted by Crippen LogP contribution is 2.29. The smallest absolute Gasteiger partial charge is 0.266 e. The Morgan fingerprint density at radius 2 is 1.60 bits per heavy atom. The SMILES string of the molecule is CCOc1cc(/C=C(\C#N)C(=O)Nc2ccc(C)cc2)ccc1OCC(=O)Nc1ccc(Cl)cc1. The van der Waals surface area contributed by atoms with E-state index in [-0.39, 0.29) is 18.1 Å². The van der Waals surface area contributed by atoms with Gasteiger partial charge in [0, 0.05) is 16.4 Å². The average molecular weight is 490 g/mol. The van der Waals surface area contributed by atoms with Crippen LogP contribution in [0.1, 0.15) is 18.1 Å². The molecule has 3 aromatic rings. The number of carbonyl (C=O) groups excluding carboxylic acids is 2. The number of carbonyl (C=O) groups is 2. The molecule has 0 atom stereocenters. The number of halogens is 1. The Morgan fingerprint density at radius 3 is 2.26 bits per heavy atom. The number of nitrogens with zero attached hydrogens (tertiary/aromatic N) is 1. The fraction of sp³-hybridized carbons (Fsp3) is 0.148. The van der Waals surface area contributed by atoms with Gasteiger partial charge in [-0.3, -0.25) is 9.59 Å². The third-order valence-corrected chi connectivity index (χ3v) is 4.99. The molecule has 0 aliphatic heterocycles. The monoisotopic (exact) mass is 489 g/mol. The Hall–Kier alpha value is -4.28. The zero-order valence-electron chi connectivity index (χ0n) is 19.3.